The number of hydrogen-bond acceptors (Lipinski definition) is 11. The number of aromatic nitrogens is 4. The van der Waals surface area contributed by atoms with Crippen LogP contribution in [-0.4, -0.2) is 43.8 Å². The smallest absolute Gasteiger partial charge is 0.424 e. The van der Waals surface area contributed by atoms with Crippen LogP contribution in [0.3, 0.4) is 0 Å². The number of esters is 1. The lowest BCUT2D eigenvalue weighted by atomic mass is 9.81. The lowest BCUT2D eigenvalue weighted by Crippen LogP contribution is -2.43. The van der Waals surface area contributed by atoms with Gasteiger partial charge in [0.2, 0.25) is 6.79 Å². The van der Waals surface area contributed by atoms with Gasteiger partial charge in [0.05, 0.1) is 42.0 Å². The molecule has 0 radical (unpaired) electrons. The molecular formula is C32H25F2N5O6S. The quantitative estimate of drug-likeness (QED) is 0.140. The van der Waals surface area contributed by atoms with Crippen molar-refractivity contribution in [2.75, 3.05) is 6.79 Å². The van der Waals surface area contributed by atoms with Gasteiger partial charge in [0.15, 0.2) is 5.60 Å². The third kappa shape index (κ3) is 6.90. The Bertz CT molecular complexity index is 1880. The first-order valence-electron chi connectivity index (χ1n) is 13.7. The summed E-state index contributed by atoms with van der Waals surface area (Å²) >= 11 is 1.22. The lowest BCUT2D eigenvalue weighted by molar-refractivity contribution is -0.0882. The summed E-state index contributed by atoms with van der Waals surface area (Å²) in [6.45, 7) is 0.0858. The van der Waals surface area contributed by atoms with Crippen LogP contribution in [0.5, 0.6) is 0 Å². The van der Waals surface area contributed by atoms with E-state index >= 15 is 4.39 Å². The molecule has 11 nitrogen and oxygen atoms in total. The number of nitrogens with zero attached hydrogens (tertiary/aromatic N) is 5. The Balaban J connectivity index is 1.47. The number of rotatable bonds is 11. The summed E-state index contributed by atoms with van der Waals surface area (Å²) in [5.41, 5.74) is 0.00387. The maximum atomic E-state index is 15.6. The first kappa shape index (κ1) is 31.9. The minimum absolute atomic E-state index is 0.0753. The highest BCUT2D eigenvalue weighted by molar-refractivity contribution is 7.10. The van der Waals surface area contributed by atoms with Crippen molar-refractivity contribution in [3.05, 3.63) is 124 Å². The molecule has 5 rings (SSSR count). The maximum absolute atomic E-state index is 15.6. The average Bonchev–Trinajstić information content (AvgIpc) is 3.77. The minimum Gasteiger partial charge on any atom is -0.424 e. The third-order valence-corrected chi connectivity index (χ3v) is 8.22. The van der Waals surface area contributed by atoms with Gasteiger partial charge in [0, 0.05) is 22.6 Å². The van der Waals surface area contributed by atoms with E-state index < -0.39 is 48.7 Å². The Morgan fingerprint density at radius 1 is 1.11 bits per heavy atom. The molecule has 2 atom stereocenters. The number of nitriles is 1. The Kier molecular flexibility index (Phi) is 9.75. The second-order valence-electron chi connectivity index (χ2n) is 9.95. The molecule has 3 aromatic carbocycles. The van der Waals surface area contributed by atoms with Crippen LogP contribution in [0, 0.1) is 23.0 Å². The van der Waals surface area contributed by atoms with Crippen molar-refractivity contribution in [2.24, 2.45) is 0 Å². The van der Waals surface area contributed by atoms with E-state index in [1.807, 2.05) is 0 Å². The van der Waals surface area contributed by atoms with Gasteiger partial charge in [-0.2, -0.15) is 10.4 Å². The highest BCUT2D eigenvalue weighted by Gasteiger charge is 2.47. The van der Waals surface area contributed by atoms with Crippen molar-refractivity contribution in [2.45, 2.75) is 31.6 Å². The van der Waals surface area contributed by atoms with Crippen molar-refractivity contribution in [3.8, 4) is 17.3 Å². The second-order valence-corrected chi connectivity index (χ2v) is 10.8. The summed E-state index contributed by atoms with van der Waals surface area (Å²) < 4.78 is 47.1. The maximum Gasteiger partial charge on any atom is 0.512 e. The van der Waals surface area contributed by atoms with Gasteiger partial charge >= 0.3 is 12.1 Å². The number of carbonyl (C=O) groups is 2. The summed E-state index contributed by atoms with van der Waals surface area (Å²) in [6, 6.07) is 17.9. The molecule has 0 aliphatic heterocycles. The predicted octanol–water partition coefficient (Wildman–Crippen LogP) is 5.71. The Hall–Kier alpha value is -5.52. The van der Waals surface area contributed by atoms with Crippen LogP contribution < -0.4 is 0 Å². The van der Waals surface area contributed by atoms with E-state index in [0.717, 1.165) is 12.1 Å². The molecule has 0 aliphatic rings. The first-order chi connectivity index (χ1) is 22.2. The van der Waals surface area contributed by atoms with E-state index in [2.05, 4.69) is 16.2 Å². The molecule has 234 valence electrons. The third-order valence-electron chi connectivity index (χ3n) is 7.19. The Morgan fingerprint density at radius 2 is 1.89 bits per heavy atom. The fraction of sp³-hybridized carbons (Fsp3) is 0.188. The number of halogens is 2. The fourth-order valence-corrected chi connectivity index (χ4v) is 5.76. The molecule has 2 aromatic heterocycles. The van der Waals surface area contributed by atoms with Crippen LogP contribution in [0.1, 0.15) is 44.9 Å². The molecule has 0 bridgehead atoms. The Morgan fingerprint density at radius 3 is 2.59 bits per heavy atom. The zero-order chi connectivity index (χ0) is 32.7. The molecule has 0 spiro atoms. The number of benzene rings is 3. The molecule has 14 heteroatoms. The fourth-order valence-electron chi connectivity index (χ4n) is 4.80. The normalized spacial score (nSPS) is 12.8. The van der Waals surface area contributed by atoms with Gasteiger partial charge in [0.1, 0.15) is 29.3 Å². The van der Waals surface area contributed by atoms with Crippen molar-refractivity contribution in [3.63, 3.8) is 0 Å². The molecular weight excluding hydrogens is 620 g/mol. The van der Waals surface area contributed by atoms with Gasteiger partial charge in [-0.3, -0.25) is 0 Å². The van der Waals surface area contributed by atoms with Crippen LogP contribution in [0.2, 0.25) is 0 Å². The lowest BCUT2D eigenvalue weighted by Gasteiger charge is -2.37. The van der Waals surface area contributed by atoms with Crippen molar-refractivity contribution in [1.29, 1.82) is 5.26 Å². The first-order valence-corrected chi connectivity index (χ1v) is 14.6. The van der Waals surface area contributed by atoms with Crippen LogP contribution >= 0.6 is 11.3 Å². The number of hydrogen-bond donors (Lipinski definition) is 1. The largest absolute Gasteiger partial charge is 0.512 e. The molecule has 0 saturated carbocycles. The van der Waals surface area contributed by atoms with Gasteiger partial charge in [-0.1, -0.05) is 37.3 Å². The topological polar surface area (TPSA) is 149 Å². The van der Waals surface area contributed by atoms with Crippen molar-refractivity contribution < 1.29 is 37.7 Å². The average molecular weight is 646 g/mol. The Labute approximate surface area is 265 Å². The van der Waals surface area contributed by atoms with Gasteiger partial charge in [0.25, 0.3) is 0 Å². The molecule has 1 N–H and O–H groups in total. The van der Waals surface area contributed by atoms with Crippen LogP contribution in [-0.2, 0) is 33.0 Å². The van der Waals surface area contributed by atoms with Crippen LogP contribution in [0.15, 0.2) is 84.8 Å². The van der Waals surface area contributed by atoms with E-state index in [-0.39, 0.29) is 17.7 Å². The second kappa shape index (κ2) is 14.1. The van der Waals surface area contributed by atoms with Gasteiger partial charge in [-0.15, -0.1) is 11.3 Å². The monoisotopic (exact) mass is 645 g/mol. The molecule has 5 aromatic rings. The standard InChI is InChI=1S/C32H25F2N5O6S/c1-20(29-38-28(15-46-29)22-8-6-21(13-35)7-9-22)32(16-39-18-36-17-37-39,26-11-10-24(33)12-27(26)34)45-31(42)44-19-43-30(41)25-5-3-2-4-23(25)14-40/h2-12,15,17-18,20,40H,14,16,19H2,1H3/t20-,32+/m0/s1. The van der Waals surface area contributed by atoms with E-state index in [1.165, 1.54) is 40.8 Å². The number of thiazole rings is 1. The van der Waals surface area contributed by atoms with Crippen molar-refractivity contribution >= 4 is 23.5 Å². The summed E-state index contributed by atoms with van der Waals surface area (Å²) in [7, 11) is 0. The van der Waals surface area contributed by atoms with E-state index in [0.29, 0.717) is 33.5 Å². The summed E-state index contributed by atoms with van der Waals surface area (Å²) in [4.78, 5) is 34.5. The number of aliphatic hydroxyl groups excluding tert-OH is 1. The molecule has 2 heterocycles. The number of ether oxygens (including phenoxy) is 3. The molecule has 46 heavy (non-hydrogen) atoms. The summed E-state index contributed by atoms with van der Waals surface area (Å²) in [6.07, 6.45) is 1.25. The summed E-state index contributed by atoms with van der Waals surface area (Å²) in [5, 5.41) is 24.9. The van der Waals surface area contributed by atoms with Crippen LogP contribution in [0.4, 0.5) is 13.6 Å². The van der Waals surface area contributed by atoms with Gasteiger partial charge in [-0.05, 0) is 35.9 Å². The van der Waals surface area contributed by atoms with Crippen LogP contribution in [0.25, 0.3) is 11.3 Å². The highest BCUT2D eigenvalue weighted by atomic mass is 32.1. The summed E-state index contributed by atoms with van der Waals surface area (Å²) in [5.74, 6) is -3.60. The molecule has 0 aliphatic carbocycles. The number of aliphatic hydroxyl groups is 1. The molecule has 0 fully saturated rings. The SMILES string of the molecule is C[C@@H](c1nc(-c2ccc(C#N)cc2)cs1)[C@@](Cn1cncn1)(OC(=O)OCOC(=O)c1ccccc1CO)c1ccc(F)cc1F. The van der Waals surface area contributed by atoms with Crippen molar-refractivity contribution in [1.82, 2.24) is 19.7 Å². The van der Waals surface area contributed by atoms with E-state index in [4.69, 9.17) is 24.5 Å². The van der Waals surface area contributed by atoms with Gasteiger partial charge in [-0.25, -0.2) is 33.0 Å². The molecule has 0 amide bonds. The van der Waals surface area contributed by atoms with E-state index in [9.17, 15) is 19.1 Å². The molecule has 0 saturated heterocycles. The predicted molar refractivity (Wildman–Crippen MR) is 159 cm³/mol. The molecule has 0 unspecified atom stereocenters. The highest BCUT2D eigenvalue weighted by Crippen LogP contribution is 2.45. The number of carbonyl (C=O) groups excluding carboxylic acids is 2. The van der Waals surface area contributed by atoms with E-state index in [1.54, 1.807) is 48.7 Å². The minimum atomic E-state index is -1.93. The van der Waals surface area contributed by atoms with Gasteiger partial charge < -0.3 is 19.3 Å². The zero-order valence-electron chi connectivity index (χ0n) is 24.2. The zero-order valence-corrected chi connectivity index (χ0v) is 25.0.